The van der Waals surface area contributed by atoms with E-state index in [1.54, 1.807) is 18.2 Å². The number of nitrogens with one attached hydrogen (secondary N) is 1. The predicted octanol–water partition coefficient (Wildman–Crippen LogP) is 3.78. The Hall–Kier alpha value is -3.26. The molecule has 0 spiro atoms. The number of fused-ring (bicyclic) bond motifs is 1. The molecule has 0 bridgehead atoms. The predicted molar refractivity (Wildman–Crippen MR) is 107 cm³/mol. The van der Waals surface area contributed by atoms with Crippen LogP contribution in [0.1, 0.15) is 36.1 Å². The average Bonchev–Trinajstić information content (AvgIpc) is 3.27. The van der Waals surface area contributed by atoms with Crippen molar-refractivity contribution in [2.45, 2.75) is 26.8 Å². The minimum absolute atomic E-state index is 0.199. The second kappa shape index (κ2) is 7.05. The number of aryl methyl sites for hydroxylation is 1. The van der Waals surface area contributed by atoms with Gasteiger partial charge in [-0.05, 0) is 39.0 Å². The van der Waals surface area contributed by atoms with E-state index >= 15 is 0 Å². The summed E-state index contributed by atoms with van der Waals surface area (Å²) in [7, 11) is 0. The van der Waals surface area contributed by atoms with Gasteiger partial charge in [0.1, 0.15) is 12.0 Å². The Bertz CT molecular complexity index is 1160. The van der Waals surface area contributed by atoms with Gasteiger partial charge < -0.3 is 5.32 Å². The Morgan fingerprint density at radius 3 is 2.61 bits per heavy atom. The van der Waals surface area contributed by atoms with E-state index in [4.69, 9.17) is 11.6 Å². The van der Waals surface area contributed by atoms with Crippen LogP contribution in [0.4, 0.5) is 5.82 Å². The molecule has 0 atom stereocenters. The number of amides is 1. The van der Waals surface area contributed by atoms with E-state index in [1.165, 1.54) is 10.8 Å². The number of anilines is 1. The van der Waals surface area contributed by atoms with Crippen molar-refractivity contribution in [2.75, 3.05) is 5.32 Å². The van der Waals surface area contributed by atoms with Gasteiger partial charge in [-0.15, -0.1) is 0 Å². The minimum atomic E-state index is -0.346. The van der Waals surface area contributed by atoms with Gasteiger partial charge in [-0.3, -0.25) is 9.48 Å². The van der Waals surface area contributed by atoms with Crippen LogP contribution in [0.25, 0.3) is 17.0 Å². The molecule has 3 heterocycles. The first-order valence-electron chi connectivity index (χ1n) is 8.76. The summed E-state index contributed by atoms with van der Waals surface area (Å²) in [4.78, 5) is 21.6. The SMILES string of the molecule is Cc1cc(NC(=O)c2cc(-c3ccc(Cl)cc3)nc3ncnn23)nn1C(C)C. The summed E-state index contributed by atoms with van der Waals surface area (Å²) in [6.45, 7) is 6.01. The van der Waals surface area contributed by atoms with Crippen molar-refractivity contribution in [3.63, 3.8) is 0 Å². The quantitative estimate of drug-likeness (QED) is 0.567. The molecule has 4 aromatic rings. The lowest BCUT2D eigenvalue weighted by Gasteiger charge is -2.08. The lowest BCUT2D eigenvalue weighted by atomic mass is 10.1. The molecule has 1 N–H and O–H groups in total. The number of aromatic nitrogens is 6. The van der Waals surface area contributed by atoms with Gasteiger partial charge in [-0.25, -0.2) is 4.98 Å². The van der Waals surface area contributed by atoms with Crippen molar-refractivity contribution < 1.29 is 4.79 Å². The molecule has 0 saturated carbocycles. The van der Waals surface area contributed by atoms with E-state index in [-0.39, 0.29) is 11.9 Å². The summed E-state index contributed by atoms with van der Waals surface area (Å²) in [5.74, 6) is 0.470. The number of benzene rings is 1. The summed E-state index contributed by atoms with van der Waals surface area (Å²) >= 11 is 5.97. The summed E-state index contributed by atoms with van der Waals surface area (Å²) in [5.41, 5.74) is 2.70. The lowest BCUT2D eigenvalue weighted by Crippen LogP contribution is -2.18. The highest BCUT2D eigenvalue weighted by Crippen LogP contribution is 2.22. The van der Waals surface area contributed by atoms with Crippen molar-refractivity contribution in [2.24, 2.45) is 0 Å². The molecule has 0 fully saturated rings. The fourth-order valence-electron chi connectivity index (χ4n) is 2.99. The first kappa shape index (κ1) is 18.1. The number of hydrogen-bond acceptors (Lipinski definition) is 5. The molecule has 0 saturated heterocycles. The molecule has 3 aromatic heterocycles. The zero-order valence-electron chi connectivity index (χ0n) is 15.6. The van der Waals surface area contributed by atoms with Gasteiger partial charge in [-0.2, -0.15) is 19.7 Å². The fourth-order valence-corrected chi connectivity index (χ4v) is 3.12. The third kappa shape index (κ3) is 3.34. The van der Waals surface area contributed by atoms with Crippen LogP contribution in [0.3, 0.4) is 0 Å². The van der Waals surface area contributed by atoms with Crippen LogP contribution in [-0.4, -0.2) is 35.3 Å². The van der Waals surface area contributed by atoms with E-state index in [1.807, 2.05) is 43.7 Å². The van der Waals surface area contributed by atoms with E-state index in [9.17, 15) is 4.79 Å². The highest BCUT2D eigenvalue weighted by atomic mass is 35.5. The number of nitrogens with zero attached hydrogens (tertiary/aromatic N) is 6. The Kier molecular flexibility index (Phi) is 4.56. The van der Waals surface area contributed by atoms with Crippen molar-refractivity contribution in [1.29, 1.82) is 0 Å². The monoisotopic (exact) mass is 395 g/mol. The highest BCUT2D eigenvalue weighted by Gasteiger charge is 2.17. The molecule has 142 valence electrons. The molecule has 1 aromatic carbocycles. The van der Waals surface area contributed by atoms with Gasteiger partial charge in [0, 0.05) is 28.4 Å². The minimum Gasteiger partial charge on any atom is -0.304 e. The van der Waals surface area contributed by atoms with Gasteiger partial charge in [0.2, 0.25) is 0 Å². The third-order valence-electron chi connectivity index (χ3n) is 4.28. The molecule has 0 aliphatic rings. The van der Waals surface area contributed by atoms with Crippen LogP contribution >= 0.6 is 11.6 Å². The Morgan fingerprint density at radius 1 is 1.18 bits per heavy atom. The topological polar surface area (TPSA) is 90.0 Å². The normalized spacial score (nSPS) is 11.3. The zero-order valence-corrected chi connectivity index (χ0v) is 16.3. The Morgan fingerprint density at radius 2 is 1.93 bits per heavy atom. The molecule has 8 nitrogen and oxygen atoms in total. The van der Waals surface area contributed by atoms with Gasteiger partial charge in [0.05, 0.1) is 5.69 Å². The largest absolute Gasteiger partial charge is 0.304 e. The van der Waals surface area contributed by atoms with Crippen LogP contribution in [-0.2, 0) is 0 Å². The van der Waals surface area contributed by atoms with Crippen molar-refractivity contribution >= 4 is 29.1 Å². The Balaban J connectivity index is 1.73. The summed E-state index contributed by atoms with van der Waals surface area (Å²) < 4.78 is 3.26. The molecule has 28 heavy (non-hydrogen) atoms. The second-order valence-electron chi connectivity index (χ2n) is 6.67. The van der Waals surface area contributed by atoms with Crippen molar-refractivity contribution in [3.05, 3.63) is 59.1 Å². The number of carbonyl (C=O) groups is 1. The van der Waals surface area contributed by atoms with Gasteiger partial charge in [-0.1, -0.05) is 23.7 Å². The van der Waals surface area contributed by atoms with E-state index in [0.717, 1.165) is 11.3 Å². The molecule has 9 heteroatoms. The number of carbonyl (C=O) groups excluding carboxylic acids is 1. The van der Waals surface area contributed by atoms with Crippen LogP contribution in [0.15, 0.2) is 42.7 Å². The van der Waals surface area contributed by atoms with E-state index in [2.05, 4.69) is 25.5 Å². The lowest BCUT2D eigenvalue weighted by molar-refractivity contribution is 0.101. The summed E-state index contributed by atoms with van der Waals surface area (Å²) in [5, 5.41) is 12.0. The molecule has 0 radical (unpaired) electrons. The maximum atomic E-state index is 13.0. The molecular weight excluding hydrogens is 378 g/mol. The van der Waals surface area contributed by atoms with Gasteiger partial charge >= 0.3 is 0 Å². The van der Waals surface area contributed by atoms with Crippen LogP contribution in [0, 0.1) is 6.92 Å². The van der Waals surface area contributed by atoms with Crippen LogP contribution < -0.4 is 5.32 Å². The maximum Gasteiger partial charge on any atom is 0.275 e. The van der Waals surface area contributed by atoms with Crippen molar-refractivity contribution in [3.8, 4) is 11.3 Å². The van der Waals surface area contributed by atoms with Gasteiger partial charge in [0.25, 0.3) is 11.7 Å². The first-order valence-corrected chi connectivity index (χ1v) is 9.14. The average molecular weight is 396 g/mol. The zero-order chi connectivity index (χ0) is 19.8. The standard InChI is InChI=1S/C19H18ClN7O/c1-11(2)26-12(3)8-17(25-26)24-18(28)16-9-15(13-4-6-14(20)7-5-13)23-19-21-10-22-27(16)19/h4-11H,1-3H3,(H,24,25,28). The van der Waals surface area contributed by atoms with Gasteiger partial charge in [0.15, 0.2) is 5.82 Å². The number of hydrogen-bond donors (Lipinski definition) is 1. The molecule has 0 aliphatic carbocycles. The van der Waals surface area contributed by atoms with E-state index < -0.39 is 0 Å². The maximum absolute atomic E-state index is 13.0. The second-order valence-corrected chi connectivity index (χ2v) is 7.11. The number of rotatable bonds is 4. The Labute approximate surface area is 166 Å². The first-order chi connectivity index (χ1) is 13.4. The molecule has 0 aliphatic heterocycles. The molecule has 4 rings (SSSR count). The molecule has 0 unspecified atom stereocenters. The molecular formula is C19H18ClN7O. The summed E-state index contributed by atoms with van der Waals surface area (Å²) in [6, 6.07) is 10.9. The van der Waals surface area contributed by atoms with Crippen molar-refractivity contribution in [1.82, 2.24) is 29.4 Å². The number of halogens is 1. The van der Waals surface area contributed by atoms with Crippen LogP contribution in [0.2, 0.25) is 5.02 Å². The fraction of sp³-hybridized carbons (Fsp3) is 0.211. The molecule has 1 amide bonds. The highest BCUT2D eigenvalue weighted by molar-refractivity contribution is 6.30. The van der Waals surface area contributed by atoms with Crippen LogP contribution in [0.5, 0.6) is 0 Å². The summed E-state index contributed by atoms with van der Waals surface area (Å²) in [6.07, 6.45) is 1.36. The smallest absolute Gasteiger partial charge is 0.275 e. The third-order valence-corrected chi connectivity index (χ3v) is 4.53. The van der Waals surface area contributed by atoms with E-state index in [0.29, 0.717) is 28.0 Å².